The first-order valence-electron chi connectivity index (χ1n) is 10.5. The summed E-state index contributed by atoms with van der Waals surface area (Å²) in [5.41, 5.74) is 0.808. The molecule has 32 heavy (non-hydrogen) atoms. The predicted octanol–water partition coefficient (Wildman–Crippen LogP) is 4.87. The molecule has 0 aliphatic carbocycles. The number of methoxy groups -OCH3 is 1. The Morgan fingerprint density at radius 2 is 1.78 bits per heavy atom. The van der Waals surface area contributed by atoms with Crippen LogP contribution in [-0.2, 0) is 11.2 Å². The Balaban J connectivity index is 1.81. The number of hydrogen-bond acceptors (Lipinski definition) is 7. The number of nitrogens with one attached hydrogen (secondary N) is 1. The maximum atomic E-state index is 14.6. The summed E-state index contributed by atoms with van der Waals surface area (Å²) in [6.07, 6.45) is 5.66. The zero-order valence-electron chi connectivity index (χ0n) is 18.7. The highest BCUT2D eigenvalue weighted by Crippen LogP contribution is 2.29. The molecular formula is C22H28F2N6OS. The second kappa shape index (κ2) is 11.3. The molecule has 3 rings (SSSR count). The van der Waals surface area contributed by atoms with E-state index in [0.29, 0.717) is 18.9 Å². The van der Waals surface area contributed by atoms with Crippen LogP contribution in [0.2, 0.25) is 0 Å². The molecule has 2 heterocycles. The Morgan fingerprint density at radius 1 is 1.09 bits per heavy atom. The quantitative estimate of drug-likeness (QED) is 0.322. The summed E-state index contributed by atoms with van der Waals surface area (Å²) in [6, 6.07) is 3.79. The van der Waals surface area contributed by atoms with Gasteiger partial charge in [0.1, 0.15) is 29.0 Å². The lowest BCUT2D eigenvalue weighted by Gasteiger charge is -2.19. The molecular weight excluding hydrogens is 434 g/mol. The zero-order valence-corrected chi connectivity index (χ0v) is 19.5. The lowest BCUT2D eigenvalue weighted by molar-refractivity contribution is 0.192. The van der Waals surface area contributed by atoms with Crippen LogP contribution in [-0.4, -0.2) is 43.7 Å². The number of unbranched alkanes of at least 4 members (excludes halogenated alkanes) is 1. The molecule has 0 aliphatic rings. The number of aromatic nitrogens is 5. The number of ether oxygens (including phenoxy) is 1. The van der Waals surface area contributed by atoms with Crippen molar-refractivity contribution in [2.24, 2.45) is 0 Å². The number of hydrogen-bond donors (Lipinski definition) is 1. The molecule has 172 valence electrons. The lowest BCUT2D eigenvalue weighted by Crippen LogP contribution is -2.15. The van der Waals surface area contributed by atoms with Gasteiger partial charge in [-0.3, -0.25) is 9.29 Å². The third-order valence-electron chi connectivity index (χ3n) is 5.14. The van der Waals surface area contributed by atoms with Crippen LogP contribution >= 0.6 is 11.9 Å². The molecule has 0 spiro atoms. The molecule has 0 saturated carbocycles. The molecule has 3 aromatic rings. The fraction of sp³-hybridized carbons (Fsp3) is 0.455. The van der Waals surface area contributed by atoms with Gasteiger partial charge >= 0.3 is 0 Å². The van der Waals surface area contributed by atoms with Crippen LogP contribution in [0.5, 0.6) is 0 Å². The number of benzene rings is 1. The van der Waals surface area contributed by atoms with Crippen molar-refractivity contribution in [3.63, 3.8) is 0 Å². The first-order valence-corrected chi connectivity index (χ1v) is 11.4. The number of nitrogens with zero attached hydrogens (tertiary/aromatic N) is 5. The van der Waals surface area contributed by atoms with Crippen LogP contribution in [0.4, 0.5) is 14.7 Å². The van der Waals surface area contributed by atoms with Gasteiger partial charge in [0.05, 0.1) is 0 Å². The molecule has 1 aromatic carbocycles. The SMILES string of the molecule is COCCCCc1nnc(NSC(C)C(C)c2ncc(C)cn2)n1-c1c(F)cccc1F. The van der Waals surface area contributed by atoms with Crippen molar-refractivity contribution in [3.8, 4) is 5.69 Å². The van der Waals surface area contributed by atoms with Gasteiger partial charge in [0.2, 0.25) is 5.95 Å². The minimum Gasteiger partial charge on any atom is -0.385 e. The number of para-hydroxylation sites is 1. The number of halogens is 2. The standard InChI is InChI=1S/C22H28F2N6OS/c1-14-12-25-21(26-13-14)15(2)16(3)32-29-22-28-27-19(10-5-6-11-31-4)30(22)20-17(23)8-7-9-18(20)24/h7-9,12-13,15-16H,5-6,10-11H2,1-4H3,(H,28,29). The van der Waals surface area contributed by atoms with E-state index in [-0.39, 0.29) is 22.8 Å². The number of aryl methyl sites for hydroxylation is 2. The second-order valence-electron chi connectivity index (χ2n) is 7.63. The summed E-state index contributed by atoms with van der Waals surface area (Å²) < 4.78 is 38.9. The summed E-state index contributed by atoms with van der Waals surface area (Å²) in [5.74, 6) is 0.178. The van der Waals surface area contributed by atoms with Gasteiger partial charge in [-0.2, -0.15) is 0 Å². The Bertz CT molecular complexity index is 994. The van der Waals surface area contributed by atoms with Gasteiger partial charge in [-0.15, -0.1) is 10.2 Å². The van der Waals surface area contributed by atoms with E-state index < -0.39 is 11.6 Å². The molecule has 0 aliphatic heterocycles. The van der Waals surface area contributed by atoms with Crippen molar-refractivity contribution in [2.45, 2.75) is 51.2 Å². The molecule has 0 bridgehead atoms. The van der Waals surface area contributed by atoms with Gasteiger partial charge in [0, 0.05) is 43.7 Å². The molecule has 1 N–H and O–H groups in total. The lowest BCUT2D eigenvalue weighted by atomic mass is 10.1. The second-order valence-corrected chi connectivity index (χ2v) is 8.81. The average molecular weight is 463 g/mol. The van der Waals surface area contributed by atoms with Crippen LogP contribution in [0, 0.1) is 18.6 Å². The van der Waals surface area contributed by atoms with E-state index in [1.807, 2.05) is 20.8 Å². The summed E-state index contributed by atoms with van der Waals surface area (Å²) in [7, 11) is 1.64. The minimum absolute atomic E-state index is 0.0446. The van der Waals surface area contributed by atoms with Gasteiger partial charge < -0.3 is 4.74 Å². The monoisotopic (exact) mass is 462 g/mol. The Kier molecular flexibility index (Phi) is 8.52. The topological polar surface area (TPSA) is 77.8 Å². The van der Waals surface area contributed by atoms with E-state index in [9.17, 15) is 8.78 Å². The van der Waals surface area contributed by atoms with Gasteiger partial charge in [-0.1, -0.05) is 19.9 Å². The maximum absolute atomic E-state index is 14.6. The maximum Gasteiger partial charge on any atom is 0.239 e. The van der Waals surface area contributed by atoms with Crippen molar-refractivity contribution in [2.75, 3.05) is 18.4 Å². The highest BCUT2D eigenvalue weighted by molar-refractivity contribution is 8.01. The van der Waals surface area contributed by atoms with E-state index in [2.05, 4.69) is 24.9 Å². The van der Waals surface area contributed by atoms with E-state index in [1.54, 1.807) is 19.5 Å². The summed E-state index contributed by atoms with van der Waals surface area (Å²) in [5, 5.41) is 8.43. The fourth-order valence-corrected chi connectivity index (χ4v) is 3.86. The Labute approximate surface area is 191 Å². The molecule has 2 unspecified atom stereocenters. The van der Waals surface area contributed by atoms with Crippen LogP contribution in [0.3, 0.4) is 0 Å². The molecule has 0 saturated heterocycles. The van der Waals surface area contributed by atoms with E-state index in [0.717, 1.165) is 24.2 Å². The third-order valence-corrected chi connectivity index (χ3v) is 6.22. The zero-order chi connectivity index (χ0) is 23.1. The molecule has 10 heteroatoms. The summed E-state index contributed by atoms with van der Waals surface area (Å²) in [6.45, 7) is 6.61. The van der Waals surface area contributed by atoms with Gasteiger partial charge in [0.25, 0.3) is 0 Å². The Morgan fingerprint density at radius 3 is 2.44 bits per heavy atom. The molecule has 7 nitrogen and oxygen atoms in total. The largest absolute Gasteiger partial charge is 0.385 e. The third kappa shape index (κ3) is 5.80. The normalized spacial score (nSPS) is 13.2. The highest BCUT2D eigenvalue weighted by Gasteiger charge is 2.23. The van der Waals surface area contributed by atoms with Crippen molar-refractivity contribution in [3.05, 3.63) is 59.4 Å². The van der Waals surface area contributed by atoms with E-state index in [1.165, 1.54) is 34.7 Å². The first-order chi connectivity index (χ1) is 15.4. The van der Waals surface area contributed by atoms with E-state index >= 15 is 0 Å². The minimum atomic E-state index is -0.675. The predicted molar refractivity (Wildman–Crippen MR) is 122 cm³/mol. The van der Waals surface area contributed by atoms with Crippen molar-refractivity contribution in [1.82, 2.24) is 24.7 Å². The van der Waals surface area contributed by atoms with Crippen molar-refractivity contribution >= 4 is 17.9 Å². The highest BCUT2D eigenvalue weighted by atomic mass is 32.2. The van der Waals surface area contributed by atoms with Gasteiger partial charge in [0.15, 0.2) is 0 Å². The first kappa shape index (κ1) is 24.1. The number of anilines is 1. The van der Waals surface area contributed by atoms with Crippen LogP contribution in [0.25, 0.3) is 5.69 Å². The average Bonchev–Trinajstić information content (AvgIpc) is 3.17. The summed E-state index contributed by atoms with van der Waals surface area (Å²) in [4.78, 5) is 8.80. The molecule has 2 atom stereocenters. The van der Waals surface area contributed by atoms with Crippen LogP contribution in [0.15, 0.2) is 30.6 Å². The smallest absolute Gasteiger partial charge is 0.239 e. The van der Waals surface area contributed by atoms with Crippen LogP contribution in [0.1, 0.15) is 49.8 Å². The Hall–Kier alpha value is -2.59. The molecule has 0 fully saturated rings. The van der Waals surface area contributed by atoms with Crippen LogP contribution < -0.4 is 4.72 Å². The van der Waals surface area contributed by atoms with Gasteiger partial charge in [-0.25, -0.2) is 18.7 Å². The molecule has 2 aromatic heterocycles. The van der Waals surface area contributed by atoms with Gasteiger partial charge in [-0.05, 0) is 49.4 Å². The summed E-state index contributed by atoms with van der Waals surface area (Å²) >= 11 is 1.38. The number of rotatable bonds is 11. The van der Waals surface area contributed by atoms with E-state index in [4.69, 9.17) is 4.74 Å². The molecule has 0 radical (unpaired) electrons. The van der Waals surface area contributed by atoms with Crippen molar-refractivity contribution in [1.29, 1.82) is 0 Å². The fourth-order valence-electron chi connectivity index (χ4n) is 3.11. The van der Waals surface area contributed by atoms with Crippen molar-refractivity contribution < 1.29 is 13.5 Å². The molecule has 0 amide bonds.